The molecule has 0 spiro atoms. The quantitative estimate of drug-likeness (QED) is 0.812. The van der Waals surface area contributed by atoms with Crippen molar-refractivity contribution in [1.29, 1.82) is 0 Å². The molecule has 1 amide bonds. The Bertz CT molecular complexity index is 604. The lowest BCUT2D eigenvalue weighted by molar-refractivity contribution is -0.119. The van der Waals surface area contributed by atoms with Gasteiger partial charge in [0.25, 0.3) is 0 Å². The monoisotopic (exact) mass is 332 g/mol. The second-order valence-electron chi connectivity index (χ2n) is 7.54. The van der Waals surface area contributed by atoms with Crippen molar-refractivity contribution in [1.82, 2.24) is 15.3 Å². The van der Waals surface area contributed by atoms with Gasteiger partial charge in [0.1, 0.15) is 0 Å². The van der Waals surface area contributed by atoms with Crippen molar-refractivity contribution >= 4 is 24.4 Å². The zero-order valence-corrected chi connectivity index (χ0v) is 15.0. The molecule has 3 rings (SSSR count). The standard InChI is InChI=1S/C16H25BN4O3/c1-11(22)20-13-6-7-21(10-13)14-18-8-12(9-19-14)17-23-15(2,3)16(4,5)24-17/h8-9,13H,6-7,10H2,1-5H3,(H,20,22). The van der Waals surface area contributed by atoms with Gasteiger partial charge in [-0.2, -0.15) is 0 Å². The Balaban J connectivity index is 1.66. The fraction of sp³-hybridized carbons (Fsp3) is 0.688. The maximum Gasteiger partial charge on any atom is 0.498 e. The molecule has 2 saturated heterocycles. The molecular formula is C16H25BN4O3. The van der Waals surface area contributed by atoms with Crippen molar-refractivity contribution in [2.24, 2.45) is 0 Å². The highest BCUT2D eigenvalue weighted by Gasteiger charge is 2.52. The fourth-order valence-electron chi connectivity index (χ4n) is 2.94. The van der Waals surface area contributed by atoms with Crippen LogP contribution in [-0.4, -0.2) is 53.3 Å². The summed E-state index contributed by atoms with van der Waals surface area (Å²) in [4.78, 5) is 22.1. The van der Waals surface area contributed by atoms with Gasteiger partial charge >= 0.3 is 7.12 Å². The van der Waals surface area contributed by atoms with Crippen LogP contribution in [-0.2, 0) is 14.1 Å². The Morgan fingerprint density at radius 2 is 1.83 bits per heavy atom. The van der Waals surface area contributed by atoms with E-state index >= 15 is 0 Å². The van der Waals surface area contributed by atoms with Crippen molar-refractivity contribution in [2.45, 2.75) is 58.3 Å². The molecule has 0 saturated carbocycles. The summed E-state index contributed by atoms with van der Waals surface area (Å²) in [7, 11) is -0.449. The summed E-state index contributed by atoms with van der Waals surface area (Å²) in [5.41, 5.74) is 0.0586. The zero-order valence-electron chi connectivity index (χ0n) is 15.0. The van der Waals surface area contributed by atoms with E-state index in [4.69, 9.17) is 9.31 Å². The normalized spacial score (nSPS) is 25.1. The SMILES string of the molecule is CC(=O)NC1CCN(c2ncc(B3OC(C)(C)C(C)(C)O3)cn2)C1. The second-order valence-corrected chi connectivity index (χ2v) is 7.54. The number of amides is 1. The van der Waals surface area contributed by atoms with Crippen LogP contribution >= 0.6 is 0 Å². The molecule has 7 nitrogen and oxygen atoms in total. The van der Waals surface area contributed by atoms with Crippen LogP contribution in [0.1, 0.15) is 41.0 Å². The highest BCUT2D eigenvalue weighted by molar-refractivity contribution is 6.61. The molecule has 2 fully saturated rings. The summed E-state index contributed by atoms with van der Waals surface area (Å²) in [5, 5.41) is 2.94. The van der Waals surface area contributed by atoms with E-state index in [0.29, 0.717) is 5.95 Å². The average molecular weight is 332 g/mol. The van der Waals surface area contributed by atoms with Gasteiger partial charge in [-0.3, -0.25) is 4.79 Å². The lowest BCUT2D eigenvalue weighted by Gasteiger charge is -2.32. The van der Waals surface area contributed by atoms with Crippen molar-refractivity contribution in [3.05, 3.63) is 12.4 Å². The number of carbonyl (C=O) groups is 1. The van der Waals surface area contributed by atoms with Crippen LogP contribution in [0.15, 0.2) is 12.4 Å². The van der Waals surface area contributed by atoms with Gasteiger partial charge in [0.15, 0.2) is 0 Å². The van der Waals surface area contributed by atoms with E-state index in [-0.39, 0.29) is 23.2 Å². The molecule has 2 aliphatic heterocycles. The van der Waals surface area contributed by atoms with Crippen LogP contribution in [0.3, 0.4) is 0 Å². The van der Waals surface area contributed by atoms with Crippen molar-refractivity contribution in [3.63, 3.8) is 0 Å². The first-order valence-electron chi connectivity index (χ1n) is 8.37. The summed E-state index contributed by atoms with van der Waals surface area (Å²) in [6, 6.07) is 0.161. The van der Waals surface area contributed by atoms with Gasteiger partial charge in [0.2, 0.25) is 11.9 Å². The predicted molar refractivity (Wildman–Crippen MR) is 92.2 cm³/mol. The van der Waals surface area contributed by atoms with E-state index in [1.807, 2.05) is 27.7 Å². The van der Waals surface area contributed by atoms with E-state index in [9.17, 15) is 4.79 Å². The highest BCUT2D eigenvalue weighted by Crippen LogP contribution is 2.36. The van der Waals surface area contributed by atoms with Gasteiger partial charge in [-0.25, -0.2) is 9.97 Å². The minimum atomic E-state index is -0.449. The third-order valence-corrected chi connectivity index (χ3v) is 5.06. The summed E-state index contributed by atoms with van der Waals surface area (Å²) in [6.45, 7) is 11.2. The first kappa shape index (κ1) is 17.2. The number of hydrogen-bond donors (Lipinski definition) is 1. The topological polar surface area (TPSA) is 76.6 Å². The zero-order chi connectivity index (χ0) is 17.5. The smallest absolute Gasteiger partial charge is 0.399 e. The fourth-order valence-corrected chi connectivity index (χ4v) is 2.94. The third-order valence-electron chi connectivity index (χ3n) is 5.06. The lowest BCUT2D eigenvalue weighted by Crippen LogP contribution is -2.41. The van der Waals surface area contributed by atoms with E-state index in [1.165, 1.54) is 0 Å². The summed E-state index contributed by atoms with van der Waals surface area (Å²) >= 11 is 0. The number of aromatic nitrogens is 2. The van der Waals surface area contributed by atoms with Gasteiger partial charge in [-0.1, -0.05) is 0 Å². The molecule has 1 N–H and O–H groups in total. The Labute approximate surface area is 143 Å². The second kappa shape index (κ2) is 6.00. The third kappa shape index (κ3) is 3.25. The molecule has 1 atom stereocenters. The first-order chi connectivity index (χ1) is 11.2. The minimum absolute atomic E-state index is 0.00104. The molecular weight excluding hydrogens is 307 g/mol. The lowest BCUT2D eigenvalue weighted by atomic mass is 9.81. The number of nitrogens with zero attached hydrogens (tertiary/aromatic N) is 3. The number of carbonyl (C=O) groups excluding carboxylic acids is 1. The minimum Gasteiger partial charge on any atom is -0.399 e. The van der Waals surface area contributed by atoms with Crippen molar-refractivity contribution in [3.8, 4) is 0 Å². The molecule has 3 heterocycles. The van der Waals surface area contributed by atoms with E-state index in [1.54, 1.807) is 19.3 Å². The average Bonchev–Trinajstić information content (AvgIpc) is 3.01. The Morgan fingerprint density at radius 1 is 1.25 bits per heavy atom. The van der Waals surface area contributed by atoms with Crippen molar-refractivity contribution in [2.75, 3.05) is 18.0 Å². The Morgan fingerprint density at radius 3 is 2.38 bits per heavy atom. The van der Waals surface area contributed by atoms with Gasteiger partial charge in [-0.15, -0.1) is 0 Å². The van der Waals surface area contributed by atoms with Gasteiger partial charge < -0.3 is 19.5 Å². The molecule has 1 unspecified atom stereocenters. The highest BCUT2D eigenvalue weighted by atomic mass is 16.7. The molecule has 0 bridgehead atoms. The summed E-state index contributed by atoms with van der Waals surface area (Å²) in [5.74, 6) is 0.669. The summed E-state index contributed by atoms with van der Waals surface area (Å²) in [6.07, 6.45) is 4.42. The number of anilines is 1. The molecule has 1 aromatic heterocycles. The Kier molecular flexibility index (Phi) is 4.29. The first-order valence-corrected chi connectivity index (χ1v) is 8.37. The number of hydrogen-bond acceptors (Lipinski definition) is 6. The maximum absolute atomic E-state index is 11.2. The van der Waals surface area contributed by atoms with Crippen LogP contribution in [0.25, 0.3) is 0 Å². The molecule has 0 aromatic carbocycles. The molecule has 2 aliphatic rings. The largest absolute Gasteiger partial charge is 0.498 e. The molecule has 0 radical (unpaired) electrons. The molecule has 1 aromatic rings. The number of nitrogens with one attached hydrogen (secondary N) is 1. The van der Waals surface area contributed by atoms with E-state index in [2.05, 4.69) is 20.2 Å². The molecule has 24 heavy (non-hydrogen) atoms. The summed E-state index contributed by atoms with van der Waals surface area (Å²) < 4.78 is 12.0. The molecule has 8 heteroatoms. The van der Waals surface area contributed by atoms with E-state index < -0.39 is 7.12 Å². The van der Waals surface area contributed by atoms with Crippen LogP contribution in [0.4, 0.5) is 5.95 Å². The van der Waals surface area contributed by atoms with Crippen LogP contribution in [0, 0.1) is 0 Å². The van der Waals surface area contributed by atoms with Crippen LogP contribution in [0.5, 0.6) is 0 Å². The Hall–Kier alpha value is -1.67. The maximum atomic E-state index is 11.2. The molecule has 130 valence electrons. The van der Waals surface area contributed by atoms with Crippen LogP contribution < -0.4 is 15.7 Å². The van der Waals surface area contributed by atoms with E-state index in [0.717, 1.165) is 25.0 Å². The van der Waals surface area contributed by atoms with Gasteiger partial charge in [0, 0.05) is 43.9 Å². The molecule has 0 aliphatic carbocycles. The predicted octanol–water partition coefficient (Wildman–Crippen LogP) is 0.491. The van der Waals surface area contributed by atoms with Crippen molar-refractivity contribution < 1.29 is 14.1 Å². The number of rotatable bonds is 3. The van der Waals surface area contributed by atoms with Crippen LogP contribution in [0.2, 0.25) is 0 Å². The van der Waals surface area contributed by atoms with Gasteiger partial charge in [0.05, 0.1) is 11.2 Å². The van der Waals surface area contributed by atoms with Gasteiger partial charge in [-0.05, 0) is 34.1 Å².